The molecule has 22 heavy (non-hydrogen) atoms. The summed E-state index contributed by atoms with van der Waals surface area (Å²) < 4.78 is 22.1. The largest absolute Gasteiger partial charge is 0.337 e. The van der Waals surface area contributed by atoms with Gasteiger partial charge in [-0.2, -0.15) is 0 Å². The average molecular weight is 345 g/mol. The van der Waals surface area contributed by atoms with E-state index in [2.05, 4.69) is 21.6 Å². The number of carbonyl (C=O) groups excluding carboxylic acids is 1. The molecule has 1 fully saturated rings. The van der Waals surface area contributed by atoms with Crippen molar-refractivity contribution in [3.05, 3.63) is 22.4 Å². The third-order valence-corrected chi connectivity index (χ3v) is 5.59. The summed E-state index contributed by atoms with van der Waals surface area (Å²) in [5, 5.41) is 7.49. The van der Waals surface area contributed by atoms with Gasteiger partial charge in [0, 0.05) is 24.2 Å². The summed E-state index contributed by atoms with van der Waals surface area (Å²) >= 11 is 1.70. The van der Waals surface area contributed by atoms with Crippen LogP contribution < -0.4 is 10.6 Å². The molecule has 2 heterocycles. The molecule has 6 nitrogen and oxygen atoms in total. The standard InChI is InChI=1S/C14H23N3O3S2/c1-22(19,20)10-6-15-14(18)16-11-12(13-5-4-9-21-13)17-7-2-3-8-17/h4-5,9,12H,2-3,6-8,10-11H2,1H3,(H2,15,16,18)/t12-/m1/s1. The van der Waals surface area contributed by atoms with E-state index < -0.39 is 9.84 Å². The number of sulfone groups is 1. The van der Waals surface area contributed by atoms with Crippen LogP contribution in [-0.4, -0.2) is 57.5 Å². The summed E-state index contributed by atoms with van der Waals surface area (Å²) in [4.78, 5) is 15.4. The third-order valence-electron chi connectivity index (χ3n) is 3.67. The Balaban J connectivity index is 1.82. The smallest absolute Gasteiger partial charge is 0.314 e. The van der Waals surface area contributed by atoms with Gasteiger partial charge >= 0.3 is 6.03 Å². The van der Waals surface area contributed by atoms with E-state index in [9.17, 15) is 13.2 Å². The fourth-order valence-corrected chi connectivity index (χ4v) is 3.88. The molecule has 1 saturated heterocycles. The lowest BCUT2D eigenvalue weighted by molar-refractivity contribution is 0.223. The number of hydrogen-bond acceptors (Lipinski definition) is 5. The maximum Gasteiger partial charge on any atom is 0.314 e. The first kappa shape index (κ1) is 17.2. The molecule has 0 aliphatic carbocycles. The van der Waals surface area contributed by atoms with Crippen molar-refractivity contribution in [3.63, 3.8) is 0 Å². The number of urea groups is 1. The first-order valence-corrected chi connectivity index (χ1v) is 10.4. The molecule has 1 aromatic rings. The molecule has 0 spiro atoms. The summed E-state index contributed by atoms with van der Waals surface area (Å²) in [6, 6.07) is 4.00. The van der Waals surface area contributed by atoms with Gasteiger partial charge in [0.25, 0.3) is 0 Å². The van der Waals surface area contributed by atoms with E-state index in [1.54, 1.807) is 11.3 Å². The zero-order valence-electron chi connectivity index (χ0n) is 12.7. The van der Waals surface area contributed by atoms with Crippen LogP contribution in [0.5, 0.6) is 0 Å². The molecule has 124 valence electrons. The Morgan fingerprint density at radius 3 is 2.68 bits per heavy atom. The SMILES string of the molecule is CS(=O)(=O)CCNC(=O)NC[C@H](c1cccs1)N1CCCC1. The highest BCUT2D eigenvalue weighted by Gasteiger charge is 2.24. The first-order chi connectivity index (χ1) is 10.5. The van der Waals surface area contributed by atoms with Crippen molar-refractivity contribution < 1.29 is 13.2 Å². The van der Waals surface area contributed by atoms with Crippen molar-refractivity contribution in [2.24, 2.45) is 0 Å². The van der Waals surface area contributed by atoms with Gasteiger partial charge in [-0.1, -0.05) is 6.07 Å². The van der Waals surface area contributed by atoms with Crippen molar-refractivity contribution in [3.8, 4) is 0 Å². The van der Waals surface area contributed by atoms with Crippen LogP contribution in [0.3, 0.4) is 0 Å². The molecular formula is C14H23N3O3S2. The Labute approximate surface area is 135 Å². The fraction of sp³-hybridized carbons (Fsp3) is 0.643. The second kappa shape index (κ2) is 7.94. The molecule has 1 aliphatic rings. The maximum atomic E-state index is 11.8. The monoisotopic (exact) mass is 345 g/mol. The molecule has 1 aliphatic heterocycles. The van der Waals surface area contributed by atoms with E-state index in [1.165, 1.54) is 17.7 Å². The van der Waals surface area contributed by atoms with Gasteiger partial charge in [0.1, 0.15) is 9.84 Å². The number of thiophene rings is 1. The zero-order chi connectivity index (χ0) is 16.0. The van der Waals surface area contributed by atoms with E-state index in [-0.39, 0.29) is 24.4 Å². The zero-order valence-corrected chi connectivity index (χ0v) is 14.4. The summed E-state index contributed by atoms with van der Waals surface area (Å²) in [5.74, 6) is -0.0408. The normalized spacial score (nSPS) is 17.3. The fourth-order valence-electron chi connectivity index (χ4n) is 2.55. The maximum absolute atomic E-state index is 11.8. The van der Waals surface area contributed by atoms with Crippen LogP contribution in [-0.2, 0) is 9.84 Å². The van der Waals surface area contributed by atoms with Crippen molar-refractivity contribution in [1.82, 2.24) is 15.5 Å². The second-order valence-corrected chi connectivity index (χ2v) is 8.78. The Morgan fingerprint density at radius 1 is 1.36 bits per heavy atom. The van der Waals surface area contributed by atoms with Crippen LogP contribution >= 0.6 is 11.3 Å². The number of hydrogen-bond donors (Lipinski definition) is 2. The molecule has 0 radical (unpaired) electrons. The van der Waals surface area contributed by atoms with Gasteiger partial charge in [-0.25, -0.2) is 13.2 Å². The molecule has 0 bridgehead atoms. The number of nitrogens with zero attached hydrogens (tertiary/aromatic N) is 1. The predicted octanol–water partition coefficient (Wildman–Crippen LogP) is 1.23. The topological polar surface area (TPSA) is 78.5 Å². The quantitative estimate of drug-likeness (QED) is 0.779. The van der Waals surface area contributed by atoms with Crippen molar-refractivity contribution in [2.75, 3.05) is 38.2 Å². The second-order valence-electron chi connectivity index (χ2n) is 5.54. The van der Waals surface area contributed by atoms with Gasteiger partial charge in [-0.05, 0) is 37.4 Å². The van der Waals surface area contributed by atoms with E-state index in [1.807, 2.05) is 11.4 Å². The third kappa shape index (κ3) is 5.58. The Kier molecular flexibility index (Phi) is 6.22. The van der Waals surface area contributed by atoms with Crippen LogP contribution in [0, 0.1) is 0 Å². The Bertz CT molecular complexity index is 566. The minimum atomic E-state index is -3.05. The molecular weight excluding hydrogens is 322 g/mol. The molecule has 0 unspecified atom stereocenters. The van der Waals surface area contributed by atoms with Crippen LogP contribution in [0.25, 0.3) is 0 Å². The lowest BCUT2D eigenvalue weighted by Crippen LogP contribution is -2.42. The van der Waals surface area contributed by atoms with Crippen LogP contribution in [0.4, 0.5) is 4.79 Å². The van der Waals surface area contributed by atoms with Gasteiger partial charge in [-0.15, -0.1) is 11.3 Å². The summed E-state index contributed by atoms with van der Waals surface area (Å²) in [6.07, 6.45) is 3.55. The first-order valence-electron chi connectivity index (χ1n) is 7.42. The number of carbonyl (C=O) groups is 1. The van der Waals surface area contributed by atoms with Crippen LogP contribution in [0.1, 0.15) is 23.8 Å². The highest BCUT2D eigenvalue weighted by atomic mass is 32.2. The van der Waals surface area contributed by atoms with Gasteiger partial charge in [0.2, 0.25) is 0 Å². The van der Waals surface area contributed by atoms with Crippen molar-refractivity contribution in [1.29, 1.82) is 0 Å². The van der Waals surface area contributed by atoms with E-state index in [0.717, 1.165) is 19.3 Å². The average Bonchev–Trinajstić information content (AvgIpc) is 3.10. The van der Waals surface area contributed by atoms with Crippen LogP contribution in [0.2, 0.25) is 0 Å². The summed E-state index contributed by atoms with van der Waals surface area (Å²) in [6.45, 7) is 2.78. The van der Waals surface area contributed by atoms with E-state index in [0.29, 0.717) is 6.54 Å². The number of likely N-dealkylation sites (tertiary alicyclic amines) is 1. The molecule has 2 N–H and O–H groups in total. The Morgan fingerprint density at radius 2 is 2.09 bits per heavy atom. The number of amides is 2. The van der Waals surface area contributed by atoms with E-state index in [4.69, 9.17) is 0 Å². The molecule has 0 aromatic carbocycles. The Hall–Kier alpha value is -1.12. The number of rotatable bonds is 7. The van der Waals surface area contributed by atoms with Gasteiger partial charge in [-0.3, -0.25) is 4.90 Å². The molecule has 1 aromatic heterocycles. The molecule has 0 saturated carbocycles. The van der Waals surface area contributed by atoms with Crippen molar-refractivity contribution in [2.45, 2.75) is 18.9 Å². The lowest BCUT2D eigenvalue weighted by Gasteiger charge is -2.26. The van der Waals surface area contributed by atoms with Crippen molar-refractivity contribution >= 4 is 27.2 Å². The highest BCUT2D eigenvalue weighted by Crippen LogP contribution is 2.27. The summed E-state index contributed by atoms with van der Waals surface area (Å²) in [7, 11) is -3.05. The lowest BCUT2D eigenvalue weighted by atomic mass is 10.2. The predicted molar refractivity (Wildman–Crippen MR) is 89.0 cm³/mol. The molecule has 2 rings (SSSR count). The van der Waals surface area contributed by atoms with Gasteiger partial charge < -0.3 is 10.6 Å². The molecule has 1 atom stereocenters. The van der Waals surface area contributed by atoms with E-state index >= 15 is 0 Å². The van der Waals surface area contributed by atoms with Crippen LogP contribution in [0.15, 0.2) is 17.5 Å². The molecule has 2 amide bonds. The highest BCUT2D eigenvalue weighted by molar-refractivity contribution is 7.90. The summed E-state index contributed by atoms with van der Waals surface area (Å²) in [5.41, 5.74) is 0. The van der Waals surface area contributed by atoms with Gasteiger partial charge in [0.15, 0.2) is 0 Å². The number of nitrogens with one attached hydrogen (secondary N) is 2. The van der Waals surface area contributed by atoms with Gasteiger partial charge in [0.05, 0.1) is 11.8 Å². The minimum absolute atomic E-state index is 0.0408. The molecule has 8 heteroatoms. The minimum Gasteiger partial charge on any atom is -0.337 e.